The zero-order valence-electron chi connectivity index (χ0n) is 21.7. The summed E-state index contributed by atoms with van der Waals surface area (Å²) in [6.07, 6.45) is 8.69. The van der Waals surface area contributed by atoms with E-state index < -0.39 is 0 Å². The Morgan fingerprint density at radius 3 is 1.11 bits per heavy atom. The Hall–Kier alpha value is -1.48. The van der Waals surface area contributed by atoms with Crippen molar-refractivity contribution < 1.29 is 63.4 Å². The Kier molecular flexibility index (Phi) is 14.9. The molecule has 0 aliphatic heterocycles. The van der Waals surface area contributed by atoms with Gasteiger partial charge in [-0.2, -0.15) is 0 Å². The fourth-order valence-corrected chi connectivity index (χ4v) is 4.44. The van der Waals surface area contributed by atoms with Crippen molar-refractivity contribution in [3.8, 4) is 23.0 Å². The minimum atomic E-state index is -0.0656. The fraction of sp³-hybridized carbons (Fsp3) is 0.556. The second kappa shape index (κ2) is 15.6. The van der Waals surface area contributed by atoms with Crippen LogP contribution in [0.3, 0.4) is 0 Å². The van der Waals surface area contributed by atoms with Crippen molar-refractivity contribution in [2.75, 3.05) is 41.3 Å². The number of phenolic OH excluding ortho intramolecular Hbond substituents is 4. The van der Waals surface area contributed by atoms with Gasteiger partial charge in [0.1, 0.15) is 13.1 Å². The highest BCUT2D eigenvalue weighted by atomic mass is 79.9. The van der Waals surface area contributed by atoms with E-state index in [1.165, 1.54) is 44.9 Å². The molecule has 0 aliphatic rings. The zero-order chi connectivity index (χ0) is 24.5. The third-order valence-corrected chi connectivity index (χ3v) is 6.33. The molecule has 0 atom stereocenters. The summed E-state index contributed by atoms with van der Waals surface area (Å²) in [5.74, 6) is -0.225. The highest BCUT2D eigenvalue weighted by Gasteiger charge is 2.17. The lowest BCUT2D eigenvalue weighted by Crippen LogP contribution is -3.00. The molecule has 2 rings (SSSR count). The second-order valence-corrected chi connectivity index (χ2v) is 10.8. The van der Waals surface area contributed by atoms with Gasteiger partial charge in [-0.25, -0.2) is 0 Å². The summed E-state index contributed by atoms with van der Waals surface area (Å²) in [7, 11) is 8.85. The molecule has 2 aromatic rings. The quantitative estimate of drug-likeness (QED) is 0.126. The van der Waals surface area contributed by atoms with Gasteiger partial charge in [-0.3, -0.25) is 0 Å². The normalized spacial score (nSPS) is 11.5. The maximum atomic E-state index is 9.69. The largest absolute Gasteiger partial charge is 1.00 e. The minimum Gasteiger partial charge on any atom is -1.00 e. The highest BCUT2D eigenvalue weighted by molar-refractivity contribution is 5.40. The monoisotopic (exact) mass is 618 g/mol. The summed E-state index contributed by atoms with van der Waals surface area (Å²) in [5, 5.41) is 38.3. The molecule has 4 N–H and O–H groups in total. The summed E-state index contributed by atoms with van der Waals surface area (Å²) >= 11 is 0. The van der Waals surface area contributed by atoms with E-state index in [0.29, 0.717) is 0 Å². The van der Waals surface area contributed by atoms with Crippen molar-refractivity contribution in [3.63, 3.8) is 0 Å². The maximum Gasteiger partial charge on any atom is 0.157 e. The molecule has 0 aliphatic carbocycles. The van der Waals surface area contributed by atoms with Crippen molar-refractivity contribution in [2.45, 2.75) is 58.0 Å². The topological polar surface area (TPSA) is 80.9 Å². The van der Waals surface area contributed by atoms with E-state index >= 15 is 0 Å². The summed E-state index contributed by atoms with van der Waals surface area (Å²) in [5.41, 5.74) is 2.08. The summed E-state index contributed by atoms with van der Waals surface area (Å²) in [4.78, 5) is 0. The number of hydrogen-bond donors (Lipinski definition) is 4. The summed E-state index contributed by atoms with van der Waals surface area (Å²) < 4.78 is 1.74. The van der Waals surface area contributed by atoms with Gasteiger partial charge < -0.3 is 63.4 Å². The molecule has 0 saturated heterocycles. The first-order chi connectivity index (χ1) is 15.5. The van der Waals surface area contributed by atoms with Crippen LogP contribution in [0.15, 0.2) is 36.4 Å². The molecule has 8 heteroatoms. The number of aromatic hydroxyl groups is 4. The van der Waals surface area contributed by atoms with Crippen LogP contribution in [0.1, 0.15) is 56.1 Å². The van der Waals surface area contributed by atoms with Crippen LogP contribution < -0.4 is 34.0 Å². The number of hydrogen-bond acceptors (Lipinski definition) is 4. The number of quaternary nitrogens is 2. The molecule has 200 valence electrons. The highest BCUT2D eigenvalue weighted by Crippen LogP contribution is 2.27. The van der Waals surface area contributed by atoms with Crippen LogP contribution in [0.4, 0.5) is 0 Å². The molecule has 0 heterocycles. The van der Waals surface area contributed by atoms with Crippen molar-refractivity contribution in [3.05, 3.63) is 47.5 Å². The average molecular weight is 620 g/mol. The Bertz CT molecular complexity index is 820. The predicted octanol–water partition coefficient (Wildman–Crippen LogP) is -0.899. The molecule has 35 heavy (non-hydrogen) atoms. The number of nitrogens with zero attached hydrogens (tertiary/aromatic N) is 2. The standard InChI is InChI=1S/C27H42N2O4.2BrH/c1-28(2,20-22-12-14-24(30)26(32)18-22)16-10-8-6-5-7-9-11-17-29(3,4)21-23-13-15-25(31)27(33)19-23;;/h12-15,18-19H,5-11,16-17,20-21H2,1-4H3,(H2-2,30,31,32,33);2*1H. The molecule has 0 saturated carbocycles. The lowest BCUT2D eigenvalue weighted by molar-refractivity contribution is -0.903. The molecule has 0 unspecified atom stereocenters. The third kappa shape index (κ3) is 12.9. The number of unbranched alkanes of at least 4 members (excludes halogenated alkanes) is 6. The SMILES string of the molecule is C[N+](C)(CCCCCCCCC[N+](C)(C)Cc1ccc(O)c(O)c1)Cc1ccc(O)c(O)c1.[Br-].[Br-]. The Morgan fingerprint density at radius 2 is 0.800 bits per heavy atom. The molecule has 2 aromatic carbocycles. The van der Waals surface area contributed by atoms with Gasteiger partial charge in [-0.1, -0.05) is 19.3 Å². The van der Waals surface area contributed by atoms with Gasteiger partial charge in [0.15, 0.2) is 23.0 Å². The molecule has 0 aromatic heterocycles. The second-order valence-electron chi connectivity index (χ2n) is 10.8. The van der Waals surface area contributed by atoms with Gasteiger partial charge in [0.25, 0.3) is 0 Å². The van der Waals surface area contributed by atoms with E-state index in [0.717, 1.165) is 46.3 Å². The minimum absolute atomic E-state index is 0. The van der Waals surface area contributed by atoms with Gasteiger partial charge in [-0.05, 0) is 62.1 Å². The molecule has 0 spiro atoms. The van der Waals surface area contributed by atoms with Gasteiger partial charge in [-0.15, -0.1) is 0 Å². The number of phenols is 4. The number of halogens is 2. The first kappa shape index (κ1) is 33.5. The number of benzene rings is 2. The van der Waals surface area contributed by atoms with Crippen molar-refractivity contribution in [2.24, 2.45) is 0 Å². The van der Waals surface area contributed by atoms with Crippen LogP contribution >= 0.6 is 0 Å². The van der Waals surface area contributed by atoms with Crippen molar-refractivity contribution in [1.29, 1.82) is 0 Å². The van der Waals surface area contributed by atoms with Gasteiger partial charge in [0, 0.05) is 11.1 Å². The molecule has 6 nitrogen and oxygen atoms in total. The van der Waals surface area contributed by atoms with E-state index in [1.807, 2.05) is 12.1 Å². The van der Waals surface area contributed by atoms with Gasteiger partial charge in [0.05, 0.1) is 41.3 Å². The smallest absolute Gasteiger partial charge is 0.157 e. The predicted molar refractivity (Wildman–Crippen MR) is 133 cm³/mol. The van der Waals surface area contributed by atoms with Gasteiger partial charge in [0.2, 0.25) is 0 Å². The van der Waals surface area contributed by atoms with Crippen LogP contribution in [0.25, 0.3) is 0 Å². The van der Waals surface area contributed by atoms with E-state index in [4.69, 9.17) is 0 Å². The van der Waals surface area contributed by atoms with Crippen LogP contribution in [0.2, 0.25) is 0 Å². The summed E-state index contributed by atoms with van der Waals surface area (Å²) in [6, 6.07) is 10.2. The van der Waals surface area contributed by atoms with Crippen LogP contribution in [0, 0.1) is 0 Å². The molecular weight excluding hydrogens is 576 g/mol. The molecule has 0 fully saturated rings. The molecule has 0 radical (unpaired) electrons. The molecule has 0 bridgehead atoms. The Morgan fingerprint density at radius 1 is 0.486 bits per heavy atom. The lowest BCUT2D eigenvalue weighted by Gasteiger charge is -2.30. The van der Waals surface area contributed by atoms with E-state index in [-0.39, 0.29) is 57.0 Å². The Labute approximate surface area is 232 Å². The van der Waals surface area contributed by atoms with Crippen molar-refractivity contribution >= 4 is 0 Å². The van der Waals surface area contributed by atoms with E-state index in [1.54, 1.807) is 24.3 Å². The van der Waals surface area contributed by atoms with E-state index in [2.05, 4.69) is 28.2 Å². The molecule has 0 amide bonds. The Balaban J connectivity index is 0.00000578. The lowest BCUT2D eigenvalue weighted by atomic mass is 10.1. The number of rotatable bonds is 14. The van der Waals surface area contributed by atoms with Crippen LogP contribution in [0.5, 0.6) is 23.0 Å². The van der Waals surface area contributed by atoms with Crippen LogP contribution in [-0.4, -0.2) is 70.7 Å². The van der Waals surface area contributed by atoms with Gasteiger partial charge >= 0.3 is 0 Å². The molecular formula is C27H44Br2N2O4. The third-order valence-electron chi connectivity index (χ3n) is 6.33. The first-order valence-corrected chi connectivity index (χ1v) is 12.1. The summed E-state index contributed by atoms with van der Waals surface area (Å²) in [6.45, 7) is 3.87. The van der Waals surface area contributed by atoms with Crippen molar-refractivity contribution in [1.82, 2.24) is 0 Å². The fourth-order valence-electron chi connectivity index (χ4n) is 4.44. The van der Waals surface area contributed by atoms with E-state index in [9.17, 15) is 20.4 Å². The zero-order valence-corrected chi connectivity index (χ0v) is 24.9. The van der Waals surface area contributed by atoms with Crippen LogP contribution in [-0.2, 0) is 13.1 Å². The average Bonchev–Trinajstić information content (AvgIpc) is 2.71. The maximum absolute atomic E-state index is 9.69. The first-order valence-electron chi connectivity index (χ1n) is 12.1.